The van der Waals surface area contributed by atoms with Gasteiger partial charge in [-0.2, -0.15) is 4.98 Å². The lowest BCUT2D eigenvalue weighted by Crippen LogP contribution is -2.22. The van der Waals surface area contributed by atoms with Crippen LogP contribution in [-0.2, 0) is 0 Å². The molecule has 8 nitrogen and oxygen atoms in total. The highest BCUT2D eigenvalue weighted by Gasteiger charge is 2.22. The van der Waals surface area contributed by atoms with E-state index >= 15 is 0 Å². The molecule has 0 amide bonds. The summed E-state index contributed by atoms with van der Waals surface area (Å²) in [5.74, 6) is 0.0532. The number of methoxy groups -OCH3 is 1. The Labute approximate surface area is 101 Å². The molecule has 92 valence electrons. The summed E-state index contributed by atoms with van der Waals surface area (Å²) in [6, 6.07) is 0. The molecular weight excluding hydrogens is 250 g/mol. The first-order valence-corrected chi connectivity index (χ1v) is 4.91. The lowest BCUT2D eigenvalue weighted by molar-refractivity contribution is 0.0224. The Morgan fingerprint density at radius 3 is 2.94 bits per heavy atom. The number of halogens is 1. The number of azide groups is 1. The number of aliphatic hydroxyl groups excluding tert-OH is 2. The topological polar surface area (TPSA) is 124 Å². The van der Waals surface area contributed by atoms with Gasteiger partial charge in [-0.25, -0.2) is 4.98 Å². The van der Waals surface area contributed by atoms with Crippen LogP contribution in [0, 0.1) is 0 Å². The van der Waals surface area contributed by atoms with Gasteiger partial charge in [-0.3, -0.25) is 0 Å². The summed E-state index contributed by atoms with van der Waals surface area (Å²) in [6.45, 7) is -0.274. The molecule has 2 unspecified atom stereocenters. The van der Waals surface area contributed by atoms with Crippen molar-refractivity contribution in [3.05, 3.63) is 27.5 Å². The van der Waals surface area contributed by atoms with E-state index in [0.29, 0.717) is 0 Å². The second kappa shape index (κ2) is 6.21. The van der Waals surface area contributed by atoms with Crippen LogP contribution in [0.1, 0.15) is 11.7 Å². The molecule has 0 saturated heterocycles. The summed E-state index contributed by atoms with van der Waals surface area (Å²) in [7, 11) is 1.34. The largest absolute Gasteiger partial charge is 0.481 e. The van der Waals surface area contributed by atoms with E-state index in [4.69, 9.17) is 21.9 Å². The minimum absolute atomic E-state index is 0.0395. The molecule has 1 heterocycles. The van der Waals surface area contributed by atoms with Crippen molar-refractivity contribution in [3.8, 4) is 5.88 Å². The van der Waals surface area contributed by atoms with Crippen LogP contribution >= 0.6 is 11.6 Å². The number of hydrogen-bond acceptors (Lipinski definition) is 6. The van der Waals surface area contributed by atoms with E-state index in [1.165, 1.54) is 13.3 Å². The van der Waals surface area contributed by atoms with E-state index in [1.807, 2.05) is 0 Å². The van der Waals surface area contributed by atoms with E-state index in [-0.39, 0.29) is 23.3 Å². The number of nitrogens with zero attached hydrogens (tertiary/aromatic N) is 5. The fourth-order valence-electron chi connectivity index (χ4n) is 1.15. The SMILES string of the molecule is COc1nc(Cl)ncc1C(O)C(O)CN=[N+]=[N-]. The van der Waals surface area contributed by atoms with Gasteiger partial charge in [0.1, 0.15) is 6.10 Å². The summed E-state index contributed by atoms with van der Waals surface area (Å²) in [5, 5.41) is 22.4. The zero-order valence-electron chi connectivity index (χ0n) is 8.86. The van der Waals surface area contributed by atoms with Gasteiger partial charge >= 0.3 is 0 Å². The maximum Gasteiger partial charge on any atom is 0.225 e. The van der Waals surface area contributed by atoms with Crippen LogP contribution in [0.4, 0.5) is 0 Å². The van der Waals surface area contributed by atoms with E-state index in [0.717, 1.165) is 0 Å². The second-order valence-corrected chi connectivity index (χ2v) is 3.37. The van der Waals surface area contributed by atoms with Crippen LogP contribution in [-0.4, -0.2) is 39.9 Å². The Kier molecular flexibility index (Phi) is 4.92. The number of hydrogen-bond donors (Lipinski definition) is 2. The Morgan fingerprint density at radius 1 is 1.65 bits per heavy atom. The van der Waals surface area contributed by atoms with Crippen LogP contribution in [0.5, 0.6) is 5.88 Å². The fraction of sp³-hybridized carbons (Fsp3) is 0.500. The molecule has 0 bridgehead atoms. The maximum absolute atomic E-state index is 9.78. The molecule has 0 aliphatic rings. The van der Waals surface area contributed by atoms with E-state index in [9.17, 15) is 10.2 Å². The Bertz CT molecular complexity index is 437. The Balaban J connectivity index is 2.94. The minimum Gasteiger partial charge on any atom is -0.481 e. The van der Waals surface area contributed by atoms with Crippen LogP contribution in [0.15, 0.2) is 11.3 Å². The van der Waals surface area contributed by atoms with Crippen molar-refractivity contribution in [1.29, 1.82) is 0 Å². The summed E-state index contributed by atoms with van der Waals surface area (Å²) >= 11 is 5.55. The molecule has 0 aromatic carbocycles. The van der Waals surface area contributed by atoms with Gasteiger partial charge in [0.05, 0.1) is 25.3 Å². The van der Waals surface area contributed by atoms with Crippen molar-refractivity contribution in [1.82, 2.24) is 9.97 Å². The van der Waals surface area contributed by atoms with Gasteiger partial charge in [-0.05, 0) is 17.1 Å². The molecule has 1 rings (SSSR count). The summed E-state index contributed by atoms with van der Waals surface area (Å²) in [5.41, 5.74) is 8.27. The van der Waals surface area contributed by atoms with E-state index < -0.39 is 12.2 Å². The predicted molar refractivity (Wildman–Crippen MR) is 58.6 cm³/mol. The number of aromatic nitrogens is 2. The molecule has 9 heteroatoms. The normalized spacial score (nSPS) is 13.6. The standard InChI is InChI=1S/C8H10ClN5O3/c1-17-7-4(2-11-8(9)13-7)6(16)5(15)3-12-14-10/h2,5-6,15-16H,3H2,1H3. The quantitative estimate of drug-likeness (QED) is 0.351. The average molecular weight is 260 g/mol. The van der Waals surface area contributed by atoms with Crippen molar-refractivity contribution >= 4 is 11.6 Å². The highest BCUT2D eigenvalue weighted by molar-refractivity contribution is 6.28. The van der Waals surface area contributed by atoms with Crippen molar-refractivity contribution in [2.45, 2.75) is 12.2 Å². The summed E-state index contributed by atoms with van der Waals surface area (Å²) in [6.07, 6.45) is -1.37. The van der Waals surface area contributed by atoms with Crippen LogP contribution < -0.4 is 4.74 Å². The zero-order valence-corrected chi connectivity index (χ0v) is 9.61. The number of ether oxygens (including phenoxy) is 1. The van der Waals surface area contributed by atoms with Crippen molar-refractivity contribution < 1.29 is 14.9 Å². The fourth-order valence-corrected chi connectivity index (χ4v) is 1.27. The molecule has 2 atom stereocenters. The number of rotatable bonds is 5. The first kappa shape index (κ1) is 13.5. The lowest BCUT2D eigenvalue weighted by Gasteiger charge is -2.17. The highest BCUT2D eigenvalue weighted by Crippen LogP contribution is 2.25. The summed E-state index contributed by atoms with van der Waals surface area (Å²) in [4.78, 5) is 9.88. The molecule has 0 radical (unpaired) electrons. The van der Waals surface area contributed by atoms with Gasteiger partial charge in [-0.1, -0.05) is 5.11 Å². The maximum atomic E-state index is 9.78. The molecule has 2 N–H and O–H groups in total. The molecule has 0 fully saturated rings. The average Bonchev–Trinajstić information content (AvgIpc) is 2.34. The third-order valence-corrected chi connectivity index (χ3v) is 2.14. The zero-order chi connectivity index (χ0) is 12.8. The number of aliphatic hydroxyl groups is 2. The molecule has 0 spiro atoms. The van der Waals surface area contributed by atoms with Gasteiger partial charge in [0.25, 0.3) is 0 Å². The van der Waals surface area contributed by atoms with Gasteiger partial charge in [0.2, 0.25) is 11.2 Å². The minimum atomic E-state index is -1.33. The van der Waals surface area contributed by atoms with Gasteiger partial charge in [-0.15, -0.1) is 0 Å². The van der Waals surface area contributed by atoms with Crippen LogP contribution in [0.25, 0.3) is 10.4 Å². The molecule has 0 saturated carbocycles. The van der Waals surface area contributed by atoms with Crippen molar-refractivity contribution in [2.24, 2.45) is 5.11 Å². The Hall–Kier alpha value is -1.60. The monoisotopic (exact) mass is 259 g/mol. The molecule has 0 aliphatic heterocycles. The van der Waals surface area contributed by atoms with Gasteiger partial charge in [0.15, 0.2) is 0 Å². The predicted octanol–water partition coefficient (Wildman–Crippen LogP) is 0.843. The molecular formula is C8H10ClN5O3. The van der Waals surface area contributed by atoms with E-state index in [2.05, 4.69) is 20.0 Å². The third-order valence-electron chi connectivity index (χ3n) is 1.96. The molecule has 1 aromatic heterocycles. The van der Waals surface area contributed by atoms with Crippen molar-refractivity contribution in [2.75, 3.05) is 13.7 Å². The third kappa shape index (κ3) is 3.43. The van der Waals surface area contributed by atoms with Gasteiger partial charge in [0, 0.05) is 11.1 Å². The van der Waals surface area contributed by atoms with E-state index in [1.54, 1.807) is 0 Å². The lowest BCUT2D eigenvalue weighted by atomic mass is 10.1. The smallest absolute Gasteiger partial charge is 0.225 e. The summed E-state index contributed by atoms with van der Waals surface area (Å²) < 4.78 is 4.89. The first-order chi connectivity index (χ1) is 8.10. The Morgan fingerprint density at radius 2 is 2.35 bits per heavy atom. The van der Waals surface area contributed by atoms with Crippen LogP contribution in [0.3, 0.4) is 0 Å². The molecule has 0 aliphatic carbocycles. The van der Waals surface area contributed by atoms with Gasteiger partial charge < -0.3 is 14.9 Å². The molecule has 17 heavy (non-hydrogen) atoms. The van der Waals surface area contributed by atoms with Crippen LogP contribution in [0.2, 0.25) is 5.28 Å². The highest BCUT2D eigenvalue weighted by atomic mass is 35.5. The van der Waals surface area contributed by atoms with Crippen molar-refractivity contribution in [3.63, 3.8) is 0 Å². The second-order valence-electron chi connectivity index (χ2n) is 3.03. The molecule has 1 aromatic rings. The first-order valence-electron chi connectivity index (χ1n) is 4.53.